The topological polar surface area (TPSA) is 64.1 Å². The van der Waals surface area contributed by atoms with Gasteiger partial charge in [0.25, 0.3) is 0 Å². The molecule has 1 heterocycles. The molecule has 1 fully saturated rings. The third kappa shape index (κ3) is 8.80. The Bertz CT molecular complexity index is 837. The van der Waals surface area contributed by atoms with E-state index in [0.717, 1.165) is 43.3 Å². The standard InChI is InChI=1S/C25H33N3O3.HI/c1-3-14-30-24-7-5-4-6-22(24)18-28-25(26-2)27-17-20-8-10-21(11-9-20)19-31-23-12-15-29-16-13-23;/h3-11,23H,1,12-19H2,2H3,(H2,26,27,28);1H. The zero-order chi connectivity index (χ0) is 21.7. The fraction of sp³-hybridized carbons (Fsp3) is 0.400. The molecule has 7 heteroatoms. The van der Waals surface area contributed by atoms with E-state index in [4.69, 9.17) is 14.2 Å². The molecule has 0 spiro atoms. The molecule has 174 valence electrons. The molecule has 1 aliphatic rings. The average Bonchev–Trinajstić information content (AvgIpc) is 2.83. The van der Waals surface area contributed by atoms with Crippen LogP contribution < -0.4 is 15.4 Å². The minimum Gasteiger partial charge on any atom is -0.489 e. The summed E-state index contributed by atoms with van der Waals surface area (Å²) >= 11 is 0. The Morgan fingerprint density at radius 1 is 1.06 bits per heavy atom. The highest BCUT2D eigenvalue weighted by Crippen LogP contribution is 2.17. The number of nitrogens with one attached hydrogen (secondary N) is 2. The van der Waals surface area contributed by atoms with Crippen LogP contribution in [0.15, 0.2) is 66.2 Å². The van der Waals surface area contributed by atoms with Gasteiger partial charge >= 0.3 is 0 Å². The molecule has 0 unspecified atom stereocenters. The summed E-state index contributed by atoms with van der Waals surface area (Å²) in [5, 5.41) is 6.70. The molecule has 0 bridgehead atoms. The molecule has 0 aromatic heterocycles. The second-order valence-corrected chi connectivity index (χ2v) is 7.43. The molecule has 0 saturated carbocycles. The summed E-state index contributed by atoms with van der Waals surface area (Å²) < 4.78 is 17.1. The van der Waals surface area contributed by atoms with Crippen LogP contribution in [0.4, 0.5) is 0 Å². The zero-order valence-electron chi connectivity index (χ0n) is 18.7. The Balaban J connectivity index is 0.00000363. The first-order valence-corrected chi connectivity index (χ1v) is 10.8. The summed E-state index contributed by atoms with van der Waals surface area (Å²) in [5.74, 6) is 1.59. The fourth-order valence-corrected chi connectivity index (χ4v) is 3.33. The summed E-state index contributed by atoms with van der Waals surface area (Å²) in [7, 11) is 1.77. The first-order chi connectivity index (χ1) is 15.3. The molecular weight excluding hydrogens is 517 g/mol. The highest BCUT2D eigenvalue weighted by molar-refractivity contribution is 14.0. The normalized spacial score (nSPS) is 14.3. The van der Waals surface area contributed by atoms with Crippen molar-refractivity contribution in [2.75, 3.05) is 26.9 Å². The maximum atomic E-state index is 5.99. The number of rotatable bonds is 10. The minimum absolute atomic E-state index is 0. The number of benzene rings is 2. The van der Waals surface area contributed by atoms with Gasteiger partial charge in [0.15, 0.2) is 5.96 Å². The van der Waals surface area contributed by atoms with Gasteiger partial charge in [-0.15, -0.1) is 24.0 Å². The lowest BCUT2D eigenvalue weighted by atomic mass is 10.1. The predicted octanol–water partition coefficient (Wildman–Crippen LogP) is 4.43. The van der Waals surface area contributed by atoms with Gasteiger partial charge in [0, 0.05) is 38.9 Å². The lowest BCUT2D eigenvalue weighted by Gasteiger charge is -2.22. The van der Waals surface area contributed by atoms with Crippen molar-refractivity contribution in [2.24, 2.45) is 4.99 Å². The Morgan fingerprint density at radius 2 is 1.75 bits per heavy atom. The van der Waals surface area contributed by atoms with Crippen molar-refractivity contribution in [3.8, 4) is 5.75 Å². The SMILES string of the molecule is C=CCOc1ccccc1CNC(=NC)NCc1ccc(COC2CCOCC2)cc1.I. The smallest absolute Gasteiger partial charge is 0.191 e. The van der Waals surface area contributed by atoms with E-state index in [2.05, 4.69) is 46.5 Å². The molecule has 1 saturated heterocycles. The number of para-hydroxylation sites is 1. The first kappa shape index (κ1) is 26.2. The van der Waals surface area contributed by atoms with Crippen LogP contribution in [-0.2, 0) is 29.2 Å². The minimum atomic E-state index is 0. The number of hydrogen-bond donors (Lipinski definition) is 2. The van der Waals surface area contributed by atoms with Crippen LogP contribution in [0.3, 0.4) is 0 Å². The molecule has 3 rings (SSSR count). The molecule has 0 atom stereocenters. The number of ether oxygens (including phenoxy) is 3. The van der Waals surface area contributed by atoms with Crippen molar-refractivity contribution < 1.29 is 14.2 Å². The average molecular weight is 551 g/mol. The van der Waals surface area contributed by atoms with Gasteiger partial charge in [-0.2, -0.15) is 0 Å². The number of guanidine groups is 1. The molecular formula is C25H34IN3O3. The summed E-state index contributed by atoms with van der Waals surface area (Å²) in [4.78, 5) is 4.32. The van der Waals surface area contributed by atoms with E-state index in [1.807, 2.05) is 24.3 Å². The Labute approximate surface area is 208 Å². The van der Waals surface area contributed by atoms with Crippen LogP contribution in [0.1, 0.15) is 29.5 Å². The van der Waals surface area contributed by atoms with Gasteiger partial charge in [-0.1, -0.05) is 55.1 Å². The maximum Gasteiger partial charge on any atom is 0.191 e. The highest BCUT2D eigenvalue weighted by Gasteiger charge is 2.13. The molecule has 0 amide bonds. The monoisotopic (exact) mass is 551 g/mol. The second kappa shape index (κ2) is 14.9. The van der Waals surface area contributed by atoms with Gasteiger partial charge in [0.1, 0.15) is 12.4 Å². The molecule has 0 radical (unpaired) electrons. The fourth-order valence-electron chi connectivity index (χ4n) is 3.33. The van der Waals surface area contributed by atoms with Gasteiger partial charge in [0.05, 0.1) is 12.7 Å². The van der Waals surface area contributed by atoms with Gasteiger partial charge in [-0.05, 0) is 30.0 Å². The quantitative estimate of drug-likeness (QED) is 0.198. The van der Waals surface area contributed by atoms with E-state index in [-0.39, 0.29) is 24.0 Å². The molecule has 1 aliphatic heterocycles. The summed E-state index contributed by atoms with van der Waals surface area (Å²) in [6.45, 7) is 7.75. The largest absolute Gasteiger partial charge is 0.489 e. The van der Waals surface area contributed by atoms with Crippen LogP contribution in [0.25, 0.3) is 0 Å². The van der Waals surface area contributed by atoms with E-state index in [1.54, 1.807) is 13.1 Å². The lowest BCUT2D eigenvalue weighted by Crippen LogP contribution is -2.36. The Kier molecular flexibility index (Phi) is 12.2. The lowest BCUT2D eigenvalue weighted by molar-refractivity contribution is -0.0390. The number of halogens is 1. The van der Waals surface area contributed by atoms with E-state index in [1.165, 1.54) is 11.1 Å². The van der Waals surface area contributed by atoms with Crippen molar-refractivity contribution in [3.63, 3.8) is 0 Å². The molecule has 6 nitrogen and oxygen atoms in total. The van der Waals surface area contributed by atoms with E-state index >= 15 is 0 Å². The Morgan fingerprint density at radius 3 is 2.47 bits per heavy atom. The van der Waals surface area contributed by atoms with E-state index in [0.29, 0.717) is 32.4 Å². The maximum absolute atomic E-state index is 5.99. The number of hydrogen-bond acceptors (Lipinski definition) is 4. The molecule has 2 aromatic carbocycles. The predicted molar refractivity (Wildman–Crippen MR) is 140 cm³/mol. The zero-order valence-corrected chi connectivity index (χ0v) is 21.0. The van der Waals surface area contributed by atoms with Gasteiger partial charge in [-0.3, -0.25) is 4.99 Å². The van der Waals surface area contributed by atoms with Crippen molar-refractivity contribution in [3.05, 3.63) is 77.9 Å². The molecule has 2 N–H and O–H groups in total. The molecule has 32 heavy (non-hydrogen) atoms. The third-order valence-corrected chi connectivity index (χ3v) is 5.14. The third-order valence-electron chi connectivity index (χ3n) is 5.14. The van der Waals surface area contributed by atoms with Crippen molar-refractivity contribution in [2.45, 2.75) is 38.6 Å². The van der Waals surface area contributed by atoms with Crippen LogP contribution in [-0.4, -0.2) is 38.9 Å². The van der Waals surface area contributed by atoms with Crippen molar-refractivity contribution >= 4 is 29.9 Å². The Hall–Kier alpha value is -2.10. The van der Waals surface area contributed by atoms with Crippen LogP contribution >= 0.6 is 24.0 Å². The van der Waals surface area contributed by atoms with E-state index in [9.17, 15) is 0 Å². The van der Waals surface area contributed by atoms with Crippen molar-refractivity contribution in [1.29, 1.82) is 0 Å². The van der Waals surface area contributed by atoms with E-state index < -0.39 is 0 Å². The second-order valence-electron chi connectivity index (χ2n) is 7.43. The number of nitrogens with zero attached hydrogens (tertiary/aromatic N) is 1. The molecule has 2 aromatic rings. The highest BCUT2D eigenvalue weighted by atomic mass is 127. The summed E-state index contributed by atoms with van der Waals surface area (Å²) in [6.07, 6.45) is 4.03. The summed E-state index contributed by atoms with van der Waals surface area (Å²) in [5.41, 5.74) is 3.45. The van der Waals surface area contributed by atoms with Crippen LogP contribution in [0, 0.1) is 0 Å². The van der Waals surface area contributed by atoms with Gasteiger partial charge < -0.3 is 24.8 Å². The molecule has 0 aliphatic carbocycles. The van der Waals surface area contributed by atoms with Crippen LogP contribution in [0.5, 0.6) is 5.75 Å². The first-order valence-electron chi connectivity index (χ1n) is 10.8. The summed E-state index contributed by atoms with van der Waals surface area (Å²) in [6, 6.07) is 16.5. The van der Waals surface area contributed by atoms with Gasteiger partial charge in [-0.25, -0.2) is 0 Å². The van der Waals surface area contributed by atoms with Crippen molar-refractivity contribution in [1.82, 2.24) is 10.6 Å². The number of aliphatic imine (C=N–C) groups is 1. The van der Waals surface area contributed by atoms with Crippen LogP contribution in [0.2, 0.25) is 0 Å². The van der Waals surface area contributed by atoms with Gasteiger partial charge in [0.2, 0.25) is 0 Å².